The fraction of sp³-hybridized carbons (Fsp3) is 0.318. The van der Waals surface area contributed by atoms with Gasteiger partial charge in [0.05, 0.1) is 24.4 Å². The van der Waals surface area contributed by atoms with Crippen molar-refractivity contribution in [3.8, 4) is 0 Å². The number of aromatic nitrogens is 2. The lowest BCUT2D eigenvalue weighted by atomic mass is 10.1. The summed E-state index contributed by atoms with van der Waals surface area (Å²) in [5, 5.41) is 0. The summed E-state index contributed by atoms with van der Waals surface area (Å²) >= 11 is 3.46. The molecule has 29 heavy (non-hydrogen) atoms. The Kier molecular flexibility index (Phi) is 4.62. The van der Waals surface area contributed by atoms with Gasteiger partial charge in [0.2, 0.25) is 11.8 Å². The van der Waals surface area contributed by atoms with E-state index < -0.39 is 0 Å². The number of carbonyl (C=O) groups excluding carboxylic acids is 2. The highest BCUT2D eigenvalue weighted by molar-refractivity contribution is 9.10. The van der Waals surface area contributed by atoms with Crippen LogP contribution in [-0.4, -0.2) is 38.7 Å². The van der Waals surface area contributed by atoms with Gasteiger partial charge in [-0.05, 0) is 43.2 Å². The first-order chi connectivity index (χ1) is 14.1. The van der Waals surface area contributed by atoms with E-state index >= 15 is 0 Å². The van der Waals surface area contributed by atoms with Crippen molar-refractivity contribution in [1.29, 1.82) is 0 Å². The lowest BCUT2D eigenvalue weighted by Gasteiger charge is -2.25. The number of fused-ring (bicyclic) bond motifs is 1. The van der Waals surface area contributed by atoms with Gasteiger partial charge in [0.15, 0.2) is 0 Å². The van der Waals surface area contributed by atoms with E-state index in [0.29, 0.717) is 13.1 Å². The summed E-state index contributed by atoms with van der Waals surface area (Å²) in [6, 6.07) is 13.8. The van der Waals surface area contributed by atoms with Crippen LogP contribution in [0.2, 0.25) is 0 Å². The predicted molar refractivity (Wildman–Crippen MR) is 113 cm³/mol. The molecule has 1 aromatic carbocycles. The quantitative estimate of drug-likeness (QED) is 0.593. The maximum absolute atomic E-state index is 13.4. The van der Waals surface area contributed by atoms with E-state index in [1.54, 1.807) is 4.90 Å². The molecule has 3 heterocycles. The Morgan fingerprint density at radius 3 is 2.86 bits per heavy atom. The van der Waals surface area contributed by atoms with Crippen LogP contribution in [0.15, 0.2) is 59.3 Å². The molecule has 3 aromatic rings. The topological polar surface area (TPSA) is 57.9 Å². The van der Waals surface area contributed by atoms with E-state index in [-0.39, 0.29) is 30.2 Å². The van der Waals surface area contributed by atoms with E-state index in [1.807, 2.05) is 64.2 Å². The largest absolute Gasteiger partial charge is 0.334 e. The summed E-state index contributed by atoms with van der Waals surface area (Å²) in [5.74, 6) is -0.225. The van der Waals surface area contributed by atoms with Crippen LogP contribution in [0.5, 0.6) is 0 Å². The first-order valence-electron chi connectivity index (χ1n) is 9.87. The van der Waals surface area contributed by atoms with Gasteiger partial charge in [0.1, 0.15) is 5.65 Å². The summed E-state index contributed by atoms with van der Waals surface area (Å²) in [6.45, 7) is 0.959. The van der Waals surface area contributed by atoms with Crippen LogP contribution in [0.25, 0.3) is 5.65 Å². The van der Waals surface area contributed by atoms with E-state index in [4.69, 9.17) is 0 Å². The first kappa shape index (κ1) is 18.4. The SMILES string of the molecule is O=C1CC(C(=O)N(Cc2cnc3ccccn23)C2CC2)CN1c1cccc(Br)c1. The van der Waals surface area contributed by atoms with Gasteiger partial charge in [-0.25, -0.2) is 4.98 Å². The van der Waals surface area contributed by atoms with Gasteiger partial charge in [-0.2, -0.15) is 0 Å². The first-order valence-corrected chi connectivity index (χ1v) is 10.7. The normalized spacial score (nSPS) is 19.1. The van der Waals surface area contributed by atoms with E-state index in [2.05, 4.69) is 20.9 Å². The molecule has 7 heteroatoms. The molecule has 1 saturated heterocycles. The highest BCUT2D eigenvalue weighted by Gasteiger charge is 2.41. The van der Waals surface area contributed by atoms with Gasteiger partial charge >= 0.3 is 0 Å². The lowest BCUT2D eigenvalue weighted by Crippen LogP contribution is -2.38. The molecule has 5 rings (SSSR count). The zero-order valence-corrected chi connectivity index (χ0v) is 17.5. The minimum absolute atomic E-state index is 0.00648. The second kappa shape index (κ2) is 7.30. The van der Waals surface area contributed by atoms with Crippen molar-refractivity contribution in [2.75, 3.05) is 11.4 Å². The molecule has 1 atom stereocenters. The number of rotatable bonds is 5. The summed E-state index contributed by atoms with van der Waals surface area (Å²) in [6.07, 6.45) is 6.13. The fourth-order valence-electron chi connectivity index (χ4n) is 4.05. The molecular formula is C22H21BrN4O2. The van der Waals surface area contributed by atoms with Gasteiger partial charge < -0.3 is 14.2 Å². The van der Waals surface area contributed by atoms with Crippen LogP contribution in [-0.2, 0) is 16.1 Å². The van der Waals surface area contributed by atoms with Crippen molar-refractivity contribution >= 4 is 39.1 Å². The van der Waals surface area contributed by atoms with E-state index in [9.17, 15) is 9.59 Å². The smallest absolute Gasteiger partial charge is 0.228 e. The third-order valence-electron chi connectivity index (χ3n) is 5.69. The minimum Gasteiger partial charge on any atom is -0.334 e. The van der Waals surface area contributed by atoms with Crippen molar-refractivity contribution in [3.63, 3.8) is 0 Å². The molecule has 0 bridgehead atoms. The van der Waals surface area contributed by atoms with Crippen molar-refractivity contribution in [1.82, 2.24) is 14.3 Å². The van der Waals surface area contributed by atoms with Gasteiger partial charge in [0, 0.05) is 35.4 Å². The highest BCUT2D eigenvalue weighted by Crippen LogP contribution is 2.33. The van der Waals surface area contributed by atoms with Gasteiger partial charge in [-0.15, -0.1) is 0 Å². The molecule has 2 aliphatic rings. The average molecular weight is 453 g/mol. The number of hydrogen-bond acceptors (Lipinski definition) is 3. The maximum Gasteiger partial charge on any atom is 0.228 e. The zero-order chi connectivity index (χ0) is 20.0. The van der Waals surface area contributed by atoms with Crippen molar-refractivity contribution in [2.24, 2.45) is 5.92 Å². The minimum atomic E-state index is -0.304. The Labute approximate surface area is 177 Å². The summed E-state index contributed by atoms with van der Waals surface area (Å²) in [5.41, 5.74) is 2.70. The summed E-state index contributed by atoms with van der Waals surface area (Å²) < 4.78 is 2.95. The standard InChI is InChI=1S/C22H21BrN4O2/c23-16-4-3-5-18(11-16)26-13-15(10-21(26)28)22(29)27(17-7-8-17)14-19-12-24-20-6-1-2-9-25(19)20/h1-6,9,11-12,15,17H,7-8,10,13-14H2. The van der Waals surface area contributed by atoms with Crippen molar-refractivity contribution in [2.45, 2.75) is 31.8 Å². The molecule has 0 N–H and O–H groups in total. The fourth-order valence-corrected chi connectivity index (χ4v) is 4.44. The van der Waals surface area contributed by atoms with Gasteiger partial charge in [0.25, 0.3) is 0 Å². The van der Waals surface area contributed by atoms with Crippen LogP contribution in [0, 0.1) is 5.92 Å². The number of nitrogens with zero attached hydrogens (tertiary/aromatic N) is 4. The Balaban J connectivity index is 1.36. The Morgan fingerprint density at radius 2 is 2.07 bits per heavy atom. The molecule has 1 unspecified atom stereocenters. The molecule has 148 valence electrons. The number of amides is 2. The van der Waals surface area contributed by atoms with E-state index in [0.717, 1.165) is 34.3 Å². The second-order valence-corrected chi connectivity index (χ2v) is 8.68. The number of pyridine rings is 1. The third-order valence-corrected chi connectivity index (χ3v) is 6.18. The molecule has 1 saturated carbocycles. The predicted octanol–water partition coefficient (Wildman–Crippen LogP) is 3.64. The third kappa shape index (κ3) is 3.55. The summed E-state index contributed by atoms with van der Waals surface area (Å²) in [4.78, 5) is 34.1. The number of halogens is 1. The molecule has 2 amide bonds. The molecule has 6 nitrogen and oxygen atoms in total. The van der Waals surface area contributed by atoms with Crippen LogP contribution in [0.3, 0.4) is 0 Å². The molecule has 2 fully saturated rings. The second-order valence-electron chi connectivity index (χ2n) is 7.76. The number of carbonyl (C=O) groups is 2. The molecule has 2 aromatic heterocycles. The Morgan fingerprint density at radius 1 is 1.21 bits per heavy atom. The van der Waals surface area contributed by atoms with Gasteiger partial charge in [-0.3, -0.25) is 9.59 Å². The van der Waals surface area contributed by atoms with Crippen LogP contribution >= 0.6 is 15.9 Å². The molecule has 0 spiro atoms. The molecule has 1 aliphatic heterocycles. The summed E-state index contributed by atoms with van der Waals surface area (Å²) in [7, 11) is 0. The van der Waals surface area contributed by atoms with Crippen LogP contribution in [0.1, 0.15) is 25.0 Å². The zero-order valence-electron chi connectivity index (χ0n) is 15.9. The molecular weight excluding hydrogens is 432 g/mol. The number of hydrogen-bond donors (Lipinski definition) is 0. The lowest BCUT2D eigenvalue weighted by molar-refractivity contribution is -0.137. The average Bonchev–Trinajstić information content (AvgIpc) is 3.37. The van der Waals surface area contributed by atoms with Crippen molar-refractivity contribution in [3.05, 3.63) is 65.0 Å². The maximum atomic E-state index is 13.4. The highest BCUT2D eigenvalue weighted by atomic mass is 79.9. The van der Waals surface area contributed by atoms with Gasteiger partial charge in [-0.1, -0.05) is 28.1 Å². The number of imidazole rings is 1. The number of benzene rings is 1. The number of anilines is 1. The Hall–Kier alpha value is -2.67. The monoisotopic (exact) mass is 452 g/mol. The van der Waals surface area contributed by atoms with Crippen LogP contribution < -0.4 is 4.90 Å². The van der Waals surface area contributed by atoms with Crippen molar-refractivity contribution < 1.29 is 9.59 Å². The van der Waals surface area contributed by atoms with E-state index in [1.165, 1.54) is 0 Å². The van der Waals surface area contributed by atoms with Crippen LogP contribution in [0.4, 0.5) is 5.69 Å². The molecule has 0 radical (unpaired) electrons. The molecule has 1 aliphatic carbocycles. The Bertz CT molecular complexity index is 1090.